The lowest BCUT2D eigenvalue weighted by Gasteiger charge is -2.32. The summed E-state index contributed by atoms with van der Waals surface area (Å²) < 4.78 is 5.08. The fourth-order valence-corrected chi connectivity index (χ4v) is 2.04. The van der Waals surface area contributed by atoms with E-state index in [9.17, 15) is 9.59 Å². The summed E-state index contributed by atoms with van der Waals surface area (Å²) in [4.78, 5) is 23.8. The molecule has 16 heavy (non-hydrogen) atoms. The van der Waals surface area contributed by atoms with Crippen LogP contribution in [0.4, 0.5) is 0 Å². The number of carbonyl (C=O) groups excluding carboxylic acids is 1. The topological polar surface area (TPSA) is 66.8 Å². The summed E-state index contributed by atoms with van der Waals surface area (Å²) in [6.07, 6.45) is 2.09. The molecule has 0 saturated carbocycles. The van der Waals surface area contributed by atoms with E-state index in [1.165, 1.54) is 0 Å². The Balaban J connectivity index is 2.34. The predicted molar refractivity (Wildman–Crippen MR) is 58.0 cm³/mol. The summed E-state index contributed by atoms with van der Waals surface area (Å²) in [5.41, 5.74) is 0. The van der Waals surface area contributed by atoms with Gasteiger partial charge >= 0.3 is 5.97 Å². The highest BCUT2D eigenvalue weighted by atomic mass is 16.5. The van der Waals surface area contributed by atoms with Crippen molar-refractivity contribution in [3.63, 3.8) is 0 Å². The van der Waals surface area contributed by atoms with Gasteiger partial charge in [-0.1, -0.05) is 0 Å². The number of carboxylic acids is 1. The molecule has 1 amide bonds. The van der Waals surface area contributed by atoms with Gasteiger partial charge in [0.15, 0.2) is 0 Å². The highest BCUT2D eigenvalue weighted by Gasteiger charge is 2.23. The molecule has 0 aliphatic carbocycles. The predicted octanol–water partition coefficient (Wildman–Crippen LogP) is 0.736. The number of aliphatic carboxylic acids is 1. The molecule has 1 heterocycles. The van der Waals surface area contributed by atoms with Gasteiger partial charge in [0.1, 0.15) is 0 Å². The van der Waals surface area contributed by atoms with Crippen LogP contribution in [0.5, 0.6) is 0 Å². The zero-order chi connectivity index (χ0) is 12.0. The molecule has 0 aromatic heterocycles. The third-order valence-electron chi connectivity index (χ3n) is 2.83. The number of ether oxygens (including phenoxy) is 1. The van der Waals surface area contributed by atoms with E-state index in [-0.39, 0.29) is 18.7 Å². The van der Waals surface area contributed by atoms with Gasteiger partial charge in [0.25, 0.3) is 0 Å². The van der Waals surface area contributed by atoms with E-state index in [1.807, 2.05) is 0 Å². The van der Waals surface area contributed by atoms with E-state index >= 15 is 0 Å². The number of methoxy groups -OCH3 is 1. The van der Waals surface area contributed by atoms with Crippen LogP contribution in [0, 0.1) is 5.92 Å². The zero-order valence-electron chi connectivity index (χ0n) is 9.65. The molecule has 1 aliphatic heterocycles. The highest BCUT2D eigenvalue weighted by molar-refractivity contribution is 5.80. The van der Waals surface area contributed by atoms with Crippen molar-refractivity contribution in [3.05, 3.63) is 0 Å². The largest absolute Gasteiger partial charge is 0.481 e. The van der Waals surface area contributed by atoms with Crippen molar-refractivity contribution in [3.8, 4) is 0 Å². The second-order valence-electron chi connectivity index (χ2n) is 4.20. The molecular formula is C11H19NO4. The SMILES string of the molecule is COC[C@@H]1CCCN(C(=O)CCC(=O)O)C1. The first kappa shape index (κ1) is 13.0. The van der Waals surface area contributed by atoms with E-state index < -0.39 is 5.97 Å². The minimum absolute atomic E-state index is 0.0526. The lowest BCUT2D eigenvalue weighted by atomic mass is 9.98. The van der Waals surface area contributed by atoms with Crippen molar-refractivity contribution in [2.75, 3.05) is 26.8 Å². The summed E-state index contributed by atoms with van der Waals surface area (Å²) in [6.45, 7) is 2.12. The van der Waals surface area contributed by atoms with Gasteiger partial charge in [-0.15, -0.1) is 0 Å². The Morgan fingerprint density at radius 1 is 1.44 bits per heavy atom. The smallest absolute Gasteiger partial charge is 0.303 e. The summed E-state index contributed by atoms with van der Waals surface area (Å²) in [5.74, 6) is -0.575. The molecule has 0 radical (unpaired) electrons. The van der Waals surface area contributed by atoms with Crippen LogP contribution >= 0.6 is 0 Å². The van der Waals surface area contributed by atoms with Gasteiger partial charge in [-0.3, -0.25) is 9.59 Å². The number of hydrogen-bond acceptors (Lipinski definition) is 3. The zero-order valence-corrected chi connectivity index (χ0v) is 9.65. The normalized spacial score (nSPS) is 20.8. The molecule has 5 heteroatoms. The molecular weight excluding hydrogens is 210 g/mol. The molecule has 1 atom stereocenters. The monoisotopic (exact) mass is 229 g/mol. The molecule has 0 aromatic rings. The minimum atomic E-state index is -0.918. The molecule has 92 valence electrons. The Morgan fingerprint density at radius 2 is 2.19 bits per heavy atom. The number of nitrogens with zero attached hydrogens (tertiary/aromatic N) is 1. The molecule has 0 unspecified atom stereocenters. The molecule has 1 saturated heterocycles. The number of hydrogen-bond donors (Lipinski definition) is 1. The van der Waals surface area contributed by atoms with Gasteiger partial charge in [0, 0.05) is 26.6 Å². The number of rotatable bonds is 5. The Hall–Kier alpha value is -1.10. The van der Waals surface area contributed by atoms with E-state index in [0.717, 1.165) is 19.4 Å². The lowest BCUT2D eigenvalue weighted by molar-refractivity contribution is -0.141. The number of piperidine rings is 1. The number of carbonyl (C=O) groups is 2. The Kier molecular flexibility index (Phi) is 5.25. The van der Waals surface area contributed by atoms with Crippen molar-refractivity contribution in [2.45, 2.75) is 25.7 Å². The Labute approximate surface area is 95.4 Å². The molecule has 5 nitrogen and oxygen atoms in total. The first-order valence-corrected chi connectivity index (χ1v) is 5.62. The van der Waals surface area contributed by atoms with Gasteiger partial charge in [0.2, 0.25) is 5.91 Å². The Bertz CT molecular complexity index is 252. The first-order chi connectivity index (χ1) is 7.63. The molecule has 1 fully saturated rings. The van der Waals surface area contributed by atoms with Crippen molar-refractivity contribution in [1.82, 2.24) is 4.90 Å². The average Bonchev–Trinajstić information content (AvgIpc) is 2.26. The molecule has 0 spiro atoms. The van der Waals surface area contributed by atoms with E-state index in [4.69, 9.17) is 9.84 Å². The maximum atomic E-state index is 11.7. The van der Waals surface area contributed by atoms with Gasteiger partial charge in [-0.05, 0) is 18.8 Å². The molecule has 0 bridgehead atoms. The van der Waals surface area contributed by atoms with E-state index in [2.05, 4.69) is 0 Å². The van der Waals surface area contributed by atoms with Crippen LogP contribution in [0.2, 0.25) is 0 Å². The van der Waals surface area contributed by atoms with Gasteiger partial charge in [-0.25, -0.2) is 0 Å². The minimum Gasteiger partial charge on any atom is -0.481 e. The van der Waals surface area contributed by atoms with Crippen molar-refractivity contribution < 1.29 is 19.4 Å². The van der Waals surface area contributed by atoms with Gasteiger partial charge in [0.05, 0.1) is 13.0 Å². The summed E-state index contributed by atoms with van der Waals surface area (Å²) in [6, 6.07) is 0. The molecule has 1 aliphatic rings. The quantitative estimate of drug-likeness (QED) is 0.755. The summed E-state index contributed by atoms with van der Waals surface area (Å²) in [7, 11) is 1.66. The third kappa shape index (κ3) is 4.18. The third-order valence-corrected chi connectivity index (χ3v) is 2.83. The standard InChI is InChI=1S/C11H19NO4/c1-16-8-9-3-2-6-12(7-9)10(13)4-5-11(14)15/h9H,2-8H2,1H3,(H,14,15)/t9-/m1/s1. The second kappa shape index (κ2) is 6.48. The average molecular weight is 229 g/mol. The summed E-state index contributed by atoms with van der Waals surface area (Å²) >= 11 is 0. The van der Waals surface area contributed by atoms with Gasteiger partial charge < -0.3 is 14.7 Å². The van der Waals surface area contributed by atoms with E-state index in [0.29, 0.717) is 19.1 Å². The van der Waals surface area contributed by atoms with Crippen LogP contribution in [0.25, 0.3) is 0 Å². The van der Waals surface area contributed by atoms with Crippen molar-refractivity contribution in [2.24, 2.45) is 5.92 Å². The maximum Gasteiger partial charge on any atom is 0.303 e. The number of carboxylic acid groups (broad SMARTS) is 1. The van der Waals surface area contributed by atoms with Crippen LogP contribution in [-0.2, 0) is 14.3 Å². The highest BCUT2D eigenvalue weighted by Crippen LogP contribution is 2.17. The maximum absolute atomic E-state index is 11.7. The van der Waals surface area contributed by atoms with Crippen LogP contribution in [0.15, 0.2) is 0 Å². The van der Waals surface area contributed by atoms with Crippen LogP contribution in [0.3, 0.4) is 0 Å². The van der Waals surface area contributed by atoms with E-state index in [1.54, 1.807) is 12.0 Å². The van der Waals surface area contributed by atoms with Gasteiger partial charge in [-0.2, -0.15) is 0 Å². The Morgan fingerprint density at radius 3 is 2.81 bits per heavy atom. The van der Waals surface area contributed by atoms with Crippen molar-refractivity contribution >= 4 is 11.9 Å². The van der Waals surface area contributed by atoms with Crippen LogP contribution in [-0.4, -0.2) is 48.7 Å². The second-order valence-corrected chi connectivity index (χ2v) is 4.20. The molecule has 1 N–H and O–H groups in total. The lowest BCUT2D eigenvalue weighted by Crippen LogP contribution is -2.41. The first-order valence-electron chi connectivity index (χ1n) is 5.62. The van der Waals surface area contributed by atoms with Crippen molar-refractivity contribution in [1.29, 1.82) is 0 Å². The van der Waals surface area contributed by atoms with Crippen LogP contribution in [0.1, 0.15) is 25.7 Å². The fourth-order valence-electron chi connectivity index (χ4n) is 2.04. The molecule has 1 rings (SSSR count). The molecule has 0 aromatic carbocycles. The number of likely N-dealkylation sites (tertiary alicyclic amines) is 1. The van der Waals surface area contributed by atoms with Crippen LogP contribution < -0.4 is 0 Å². The number of amides is 1. The fraction of sp³-hybridized carbons (Fsp3) is 0.818. The summed E-state index contributed by atoms with van der Waals surface area (Å²) in [5, 5.41) is 8.51.